The molecule has 0 unspecified atom stereocenters. The Morgan fingerprint density at radius 3 is 2.40 bits per heavy atom. The van der Waals surface area contributed by atoms with Crippen molar-refractivity contribution in [2.24, 2.45) is 11.7 Å². The summed E-state index contributed by atoms with van der Waals surface area (Å²) >= 11 is 0. The maximum atomic E-state index is 12.1. The van der Waals surface area contributed by atoms with Gasteiger partial charge in [-0.3, -0.25) is 0 Å². The molecule has 0 aromatic heterocycles. The molecule has 0 heterocycles. The average Bonchev–Trinajstić information content (AvgIpc) is 2.24. The number of rotatable bonds is 4. The van der Waals surface area contributed by atoms with Crippen LogP contribution in [0.15, 0.2) is 18.2 Å². The van der Waals surface area contributed by atoms with Crippen LogP contribution in [0, 0.1) is 5.92 Å². The highest BCUT2D eigenvalue weighted by molar-refractivity contribution is 5.85. The van der Waals surface area contributed by atoms with Gasteiger partial charge in [0.1, 0.15) is 11.5 Å². The van der Waals surface area contributed by atoms with Gasteiger partial charge in [-0.1, -0.05) is 12.5 Å². The molecule has 7 heteroatoms. The number of halogens is 4. The van der Waals surface area contributed by atoms with Gasteiger partial charge in [0.15, 0.2) is 0 Å². The van der Waals surface area contributed by atoms with Crippen LogP contribution in [0.3, 0.4) is 0 Å². The number of nitrogens with two attached hydrogens (primary N) is 1. The first-order valence-corrected chi connectivity index (χ1v) is 6.10. The molecule has 0 radical (unpaired) electrons. The molecule has 1 saturated carbocycles. The Kier molecular flexibility index (Phi) is 5.53. The Bertz CT molecular complexity index is 450. The fraction of sp³-hybridized carbons (Fsp3) is 0.538. The minimum Gasteiger partial charge on any atom is -0.496 e. The van der Waals surface area contributed by atoms with E-state index in [-0.39, 0.29) is 24.2 Å². The van der Waals surface area contributed by atoms with E-state index in [0.29, 0.717) is 11.7 Å². The van der Waals surface area contributed by atoms with Crippen LogP contribution >= 0.6 is 12.4 Å². The first-order chi connectivity index (χ1) is 8.90. The van der Waals surface area contributed by atoms with E-state index in [1.54, 1.807) is 6.07 Å². The number of ether oxygens (including phenoxy) is 2. The highest BCUT2D eigenvalue weighted by Crippen LogP contribution is 2.40. The van der Waals surface area contributed by atoms with Crippen LogP contribution in [0.2, 0.25) is 0 Å². The van der Waals surface area contributed by atoms with Crippen molar-refractivity contribution in [1.82, 2.24) is 0 Å². The third kappa shape index (κ3) is 3.93. The summed E-state index contributed by atoms with van der Waals surface area (Å²) in [4.78, 5) is 0. The van der Waals surface area contributed by atoms with Crippen LogP contribution in [0.25, 0.3) is 0 Å². The summed E-state index contributed by atoms with van der Waals surface area (Å²) in [5, 5.41) is 0. The van der Waals surface area contributed by atoms with Gasteiger partial charge in [-0.15, -0.1) is 25.6 Å². The molecule has 0 bridgehead atoms. The van der Waals surface area contributed by atoms with Crippen molar-refractivity contribution in [3.8, 4) is 11.5 Å². The van der Waals surface area contributed by atoms with Gasteiger partial charge in [0.05, 0.1) is 7.11 Å². The first-order valence-electron chi connectivity index (χ1n) is 6.10. The smallest absolute Gasteiger partial charge is 0.496 e. The predicted octanol–water partition coefficient (Wildman–Crippen LogP) is 3.82. The Labute approximate surface area is 121 Å². The number of methoxy groups -OCH3 is 1. The largest absolute Gasteiger partial charge is 0.573 e. The summed E-state index contributed by atoms with van der Waals surface area (Å²) in [5.41, 5.74) is 6.83. The van der Waals surface area contributed by atoms with Crippen LogP contribution in [-0.2, 0) is 0 Å². The highest BCUT2D eigenvalue weighted by Gasteiger charge is 2.32. The van der Waals surface area contributed by atoms with Crippen molar-refractivity contribution in [1.29, 1.82) is 0 Å². The van der Waals surface area contributed by atoms with Gasteiger partial charge < -0.3 is 15.2 Å². The quantitative estimate of drug-likeness (QED) is 0.919. The lowest BCUT2D eigenvalue weighted by molar-refractivity contribution is -0.274. The van der Waals surface area contributed by atoms with Crippen molar-refractivity contribution < 1.29 is 22.6 Å². The summed E-state index contributed by atoms with van der Waals surface area (Å²) in [7, 11) is 1.41. The van der Waals surface area contributed by atoms with E-state index in [9.17, 15) is 13.2 Å². The van der Waals surface area contributed by atoms with Gasteiger partial charge in [-0.2, -0.15) is 0 Å². The van der Waals surface area contributed by atoms with Crippen molar-refractivity contribution >= 4 is 12.4 Å². The third-order valence-corrected chi connectivity index (χ3v) is 3.46. The monoisotopic (exact) mass is 311 g/mol. The second-order valence-corrected chi connectivity index (χ2v) is 4.67. The van der Waals surface area contributed by atoms with Crippen molar-refractivity contribution in [2.45, 2.75) is 31.7 Å². The minimum atomic E-state index is -4.71. The van der Waals surface area contributed by atoms with Gasteiger partial charge in [0.25, 0.3) is 0 Å². The van der Waals surface area contributed by atoms with Gasteiger partial charge >= 0.3 is 6.36 Å². The molecule has 20 heavy (non-hydrogen) atoms. The lowest BCUT2D eigenvalue weighted by atomic mass is 9.77. The van der Waals surface area contributed by atoms with Crippen LogP contribution < -0.4 is 15.2 Å². The van der Waals surface area contributed by atoms with Crippen molar-refractivity contribution in [2.75, 3.05) is 7.11 Å². The molecular formula is C13H17ClF3NO2. The second-order valence-electron chi connectivity index (χ2n) is 4.67. The second kappa shape index (κ2) is 6.54. The maximum Gasteiger partial charge on any atom is 0.573 e. The number of hydrogen-bond acceptors (Lipinski definition) is 3. The lowest BCUT2D eigenvalue weighted by Gasteiger charge is -2.32. The van der Waals surface area contributed by atoms with E-state index in [1.807, 2.05) is 0 Å². The van der Waals surface area contributed by atoms with E-state index in [2.05, 4.69) is 4.74 Å². The lowest BCUT2D eigenvalue weighted by Crippen LogP contribution is -2.27. The Morgan fingerprint density at radius 2 is 1.95 bits per heavy atom. The van der Waals surface area contributed by atoms with Gasteiger partial charge in [-0.05, 0) is 24.8 Å². The molecule has 1 aliphatic rings. The Balaban J connectivity index is 0.00000200. The van der Waals surface area contributed by atoms with E-state index < -0.39 is 6.36 Å². The zero-order chi connectivity index (χ0) is 14.0. The van der Waals surface area contributed by atoms with Gasteiger partial charge in [0.2, 0.25) is 0 Å². The number of alkyl halides is 3. The molecule has 1 aliphatic carbocycles. The Morgan fingerprint density at radius 1 is 1.30 bits per heavy atom. The molecule has 1 fully saturated rings. The summed E-state index contributed by atoms with van der Waals surface area (Å²) in [6, 6.07) is 3.83. The predicted molar refractivity (Wildman–Crippen MR) is 71.2 cm³/mol. The molecule has 2 rings (SSSR count). The molecule has 114 valence electrons. The molecule has 0 aliphatic heterocycles. The third-order valence-electron chi connectivity index (χ3n) is 3.46. The molecule has 3 nitrogen and oxygen atoms in total. The molecule has 0 amide bonds. The van der Waals surface area contributed by atoms with E-state index >= 15 is 0 Å². The normalized spacial score (nSPS) is 16.9. The number of hydrogen-bond donors (Lipinski definition) is 1. The van der Waals surface area contributed by atoms with E-state index in [1.165, 1.54) is 19.2 Å². The topological polar surface area (TPSA) is 44.5 Å². The molecular weight excluding hydrogens is 295 g/mol. The fourth-order valence-corrected chi connectivity index (χ4v) is 2.22. The molecule has 0 saturated heterocycles. The van der Waals surface area contributed by atoms with E-state index in [4.69, 9.17) is 10.5 Å². The summed E-state index contributed by atoms with van der Waals surface area (Å²) < 4.78 is 45.4. The van der Waals surface area contributed by atoms with E-state index in [0.717, 1.165) is 24.8 Å². The van der Waals surface area contributed by atoms with Crippen molar-refractivity contribution in [3.05, 3.63) is 23.8 Å². The maximum absolute atomic E-state index is 12.1. The zero-order valence-corrected chi connectivity index (χ0v) is 11.8. The standard InChI is InChI=1S/C13H16F3NO2.ClH/c1-18-11-7-9(19-13(14,15)16)5-6-10(11)12(17)8-3-2-4-8;/h5-8,12H,2-4,17H2,1H3;1H/t12-;/m0./s1. The Hall–Kier alpha value is -1.14. The number of benzene rings is 1. The van der Waals surface area contributed by atoms with Crippen LogP contribution in [0.1, 0.15) is 30.9 Å². The summed E-state index contributed by atoms with van der Waals surface area (Å²) in [6.07, 6.45) is -1.46. The highest BCUT2D eigenvalue weighted by atomic mass is 35.5. The van der Waals surface area contributed by atoms with Crippen LogP contribution in [-0.4, -0.2) is 13.5 Å². The van der Waals surface area contributed by atoms with Crippen molar-refractivity contribution in [3.63, 3.8) is 0 Å². The fourth-order valence-electron chi connectivity index (χ4n) is 2.22. The SMILES string of the molecule is COc1cc(OC(F)(F)F)ccc1[C@@H](N)C1CCC1.Cl. The summed E-state index contributed by atoms with van der Waals surface area (Å²) in [5.74, 6) is 0.415. The first kappa shape index (κ1) is 16.9. The van der Waals surface area contributed by atoms with Gasteiger partial charge in [-0.25, -0.2) is 0 Å². The zero-order valence-electron chi connectivity index (χ0n) is 10.9. The van der Waals surface area contributed by atoms with Gasteiger partial charge in [0, 0.05) is 17.7 Å². The average molecular weight is 312 g/mol. The summed E-state index contributed by atoms with van der Waals surface area (Å²) in [6.45, 7) is 0. The molecule has 0 spiro atoms. The van der Waals surface area contributed by atoms with Crippen LogP contribution in [0.4, 0.5) is 13.2 Å². The molecule has 1 aromatic carbocycles. The minimum absolute atomic E-state index is 0. The van der Waals surface area contributed by atoms with Crippen LogP contribution in [0.5, 0.6) is 11.5 Å². The molecule has 1 aromatic rings. The molecule has 2 N–H and O–H groups in total. The molecule has 1 atom stereocenters.